The van der Waals surface area contributed by atoms with Gasteiger partial charge in [-0.3, -0.25) is 9.59 Å². The highest BCUT2D eigenvalue weighted by atomic mass is 35.5. The van der Waals surface area contributed by atoms with E-state index in [1.54, 1.807) is 48.5 Å². The molecular weight excluding hydrogens is 350 g/mol. The molecule has 1 N–H and O–H groups in total. The van der Waals surface area contributed by atoms with Crippen LogP contribution >= 0.6 is 11.6 Å². The molecule has 2 aromatic carbocycles. The summed E-state index contributed by atoms with van der Waals surface area (Å²) >= 11 is 5.88. The number of halogens is 1. The van der Waals surface area contributed by atoms with Crippen LogP contribution < -0.4 is 0 Å². The molecule has 0 saturated carbocycles. The van der Waals surface area contributed by atoms with Crippen LogP contribution in [0.5, 0.6) is 0 Å². The Morgan fingerprint density at radius 1 is 1.04 bits per heavy atom. The number of carbonyl (C=O) groups is 2. The maximum Gasteiger partial charge on any atom is 0.253 e. The summed E-state index contributed by atoms with van der Waals surface area (Å²) in [4.78, 5) is 27.0. The molecule has 1 aliphatic rings. The predicted octanol–water partition coefficient (Wildman–Crippen LogP) is 3.96. The third-order valence-electron chi connectivity index (χ3n) is 4.83. The highest BCUT2D eigenvalue weighted by molar-refractivity contribution is 6.30. The Bertz CT molecular complexity index is 771. The van der Waals surface area contributed by atoms with Crippen LogP contribution in [0.15, 0.2) is 48.5 Å². The molecule has 4 nitrogen and oxygen atoms in total. The number of nitrogens with zero attached hydrogens (tertiary/aromatic N) is 1. The zero-order chi connectivity index (χ0) is 18.5. The summed E-state index contributed by atoms with van der Waals surface area (Å²) in [5.41, 5.74) is 2.07. The lowest BCUT2D eigenvalue weighted by Gasteiger charge is -2.32. The van der Waals surface area contributed by atoms with Crippen molar-refractivity contribution in [2.75, 3.05) is 13.1 Å². The maximum absolute atomic E-state index is 12.7. The second-order valence-corrected chi connectivity index (χ2v) is 7.19. The van der Waals surface area contributed by atoms with Crippen molar-refractivity contribution in [3.05, 3.63) is 70.2 Å². The Kier molecular flexibility index (Phi) is 6.07. The molecule has 1 heterocycles. The van der Waals surface area contributed by atoms with Gasteiger partial charge in [0.15, 0.2) is 5.78 Å². The van der Waals surface area contributed by atoms with Gasteiger partial charge in [-0.25, -0.2) is 0 Å². The fourth-order valence-corrected chi connectivity index (χ4v) is 3.49. The number of carbonyl (C=O) groups excluding carboxylic acids is 2. The van der Waals surface area contributed by atoms with Gasteiger partial charge in [-0.1, -0.05) is 35.9 Å². The monoisotopic (exact) mass is 371 g/mol. The van der Waals surface area contributed by atoms with Gasteiger partial charge in [-0.2, -0.15) is 0 Å². The first-order valence-electron chi connectivity index (χ1n) is 8.84. The lowest BCUT2D eigenvalue weighted by atomic mass is 9.90. The molecule has 0 radical (unpaired) electrons. The van der Waals surface area contributed by atoms with E-state index in [1.165, 1.54) is 0 Å². The van der Waals surface area contributed by atoms with Crippen LogP contribution in [0.1, 0.15) is 45.5 Å². The van der Waals surface area contributed by atoms with E-state index in [0.717, 1.165) is 24.9 Å². The van der Waals surface area contributed by atoms with Gasteiger partial charge in [-0.05, 0) is 48.6 Å². The molecule has 0 bridgehead atoms. The van der Waals surface area contributed by atoms with Crippen LogP contribution in [-0.2, 0) is 6.61 Å². The maximum atomic E-state index is 12.7. The number of benzene rings is 2. The molecule has 136 valence electrons. The standard InChI is InChI=1S/C21H22ClNO3/c22-19-9-7-18(8-10-19)21(26)23-11-1-2-16(13-23)12-20(25)17-5-3-15(14-24)4-6-17/h3-10,16,24H,1-2,11-14H2. The second kappa shape index (κ2) is 8.47. The molecule has 0 aliphatic carbocycles. The van der Waals surface area contributed by atoms with E-state index in [1.807, 2.05) is 4.90 Å². The number of aliphatic hydroxyl groups excluding tert-OH is 1. The highest BCUT2D eigenvalue weighted by Crippen LogP contribution is 2.23. The number of hydrogen-bond acceptors (Lipinski definition) is 3. The summed E-state index contributed by atoms with van der Waals surface area (Å²) in [5.74, 6) is 0.247. The molecule has 5 heteroatoms. The van der Waals surface area contributed by atoms with E-state index < -0.39 is 0 Å². The number of rotatable bonds is 5. The van der Waals surface area contributed by atoms with E-state index >= 15 is 0 Å². The average Bonchev–Trinajstić information content (AvgIpc) is 2.68. The summed E-state index contributed by atoms with van der Waals surface area (Å²) in [6, 6.07) is 14.0. The van der Waals surface area contributed by atoms with Crippen molar-refractivity contribution in [2.24, 2.45) is 5.92 Å². The van der Waals surface area contributed by atoms with Crippen LogP contribution in [0.4, 0.5) is 0 Å². The Morgan fingerprint density at radius 3 is 2.35 bits per heavy atom. The molecule has 3 rings (SSSR count). The molecule has 1 fully saturated rings. The van der Waals surface area contributed by atoms with Crippen molar-refractivity contribution in [3.63, 3.8) is 0 Å². The molecule has 1 saturated heterocycles. The van der Waals surface area contributed by atoms with E-state index in [-0.39, 0.29) is 24.2 Å². The molecule has 1 amide bonds. The Labute approximate surface area is 158 Å². The number of hydrogen-bond donors (Lipinski definition) is 1. The highest BCUT2D eigenvalue weighted by Gasteiger charge is 2.26. The van der Waals surface area contributed by atoms with Crippen molar-refractivity contribution in [2.45, 2.75) is 25.9 Å². The zero-order valence-electron chi connectivity index (χ0n) is 14.5. The van der Waals surface area contributed by atoms with Crippen molar-refractivity contribution in [1.29, 1.82) is 0 Å². The fraction of sp³-hybridized carbons (Fsp3) is 0.333. The van der Waals surface area contributed by atoms with Gasteiger partial charge in [0, 0.05) is 35.7 Å². The van der Waals surface area contributed by atoms with Gasteiger partial charge in [0.1, 0.15) is 0 Å². The lowest BCUT2D eigenvalue weighted by molar-refractivity contribution is 0.0652. The van der Waals surface area contributed by atoms with Gasteiger partial charge >= 0.3 is 0 Å². The van der Waals surface area contributed by atoms with Crippen LogP contribution in [0.2, 0.25) is 5.02 Å². The summed E-state index contributed by atoms with van der Waals surface area (Å²) in [7, 11) is 0. The molecule has 0 aromatic heterocycles. The third kappa shape index (κ3) is 4.51. The number of Topliss-reactive ketones (excluding diaryl/α,β-unsaturated/α-hetero) is 1. The minimum Gasteiger partial charge on any atom is -0.392 e. The number of piperidine rings is 1. The predicted molar refractivity (Wildman–Crippen MR) is 101 cm³/mol. The minimum absolute atomic E-state index is 0.00823. The first-order chi connectivity index (χ1) is 12.6. The Balaban J connectivity index is 1.61. The van der Waals surface area contributed by atoms with Gasteiger partial charge in [0.05, 0.1) is 6.61 Å². The SMILES string of the molecule is O=C(CC1CCCN(C(=O)c2ccc(Cl)cc2)C1)c1ccc(CO)cc1. The molecular formula is C21H22ClNO3. The normalized spacial score (nSPS) is 17.2. The fourth-order valence-electron chi connectivity index (χ4n) is 3.37. The first-order valence-corrected chi connectivity index (χ1v) is 9.22. The van der Waals surface area contributed by atoms with E-state index in [0.29, 0.717) is 29.1 Å². The number of aliphatic hydroxyl groups is 1. The van der Waals surface area contributed by atoms with Gasteiger partial charge in [0.25, 0.3) is 5.91 Å². The van der Waals surface area contributed by atoms with Gasteiger partial charge < -0.3 is 10.0 Å². The number of ketones is 1. The molecule has 26 heavy (non-hydrogen) atoms. The van der Waals surface area contributed by atoms with Crippen LogP contribution in [0.25, 0.3) is 0 Å². The molecule has 1 unspecified atom stereocenters. The largest absolute Gasteiger partial charge is 0.392 e. The van der Waals surface area contributed by atoms with Crippen molar-refractivity contribution in [3.8, 4) is 0 Å². The van der Waals surface area contributed by atoms with E-state index in [2.05, 4.69) is 0 Å². The number of likely N-dealkylation sites (tertiary alicyclic amines) is 1. The van der Waals surface area contributed by atoms with E-state index in [4.69, 9.17) is 16.7 Å². The van der Waals surface area contributed by atoms with Crippen LogP contribution in [0, 0.1) is 5.92 Å². The quantitative estimate of drug-likeness (QED) is 0.809. The van der Waals surface area contributed by atoms with Crippen LogP contribution in [0.3, 0.4) is 0 Å². The van der Waals surface area contributed by atoms with Crippen molar-refractivity contribution >= 4 is 23.3 Å². The molecule has 0 spiro atoms. The zero-order valence-corrected chi connectivity index (χ0v) is 15.3. The molecule has 2 aromatic rings. The average molecular weight is 372 g/mol. The van der Waals surface area contributed by atoms with Gasteiger partial charge in [-0.15, -0.1) is 0 Å². The van der Waals surface area contributed by atoms with Crippen LogP contribution in [-0.4, -0.2) is 34.8 Å². The summed E-state index contributed by atoms with van der Waals surface area (Å²) in [6.45, 7) is 1.29. The second-order valence-electron chi connectivity index (χ2n) is 6.75. The topological polar surface area (TPSA) is 57.6 Å². The molecule has 1 atom stereocenters. The summed E-state index contributed by atoms with van der Waals surface area (Å²) in [5, 5.41) is 9.70. The number of amides is 1. The first kappa shape index (κ1) is 18.6. The Hall–Kier alpha value is -2.17. The smallest absolute Gasteiger partial charge is 0.253 e. The minimum atomic E-state index is -0.0289. The van der Waals surface area contributed by atoms with Crippen molar-refractivity contribution in [1.82, 2.24) is 4.90 Å². The summed E-state index contributed by atoms with van der Waals surface area (Å²) < 4.78 is 0. The third-order valence-corrected chi connectivity index (χ3v) is 5.08. The summed E-state index contributed by atoms with van der Waals surface area (Å²) in [6.07, 6.45) is 2.29. The Morgan fingerprint density at radius 2 is 1.69 bits per heavy atom. The molecule has 1 aliphatic heterocycles. The van der Waals surface area contributed by atoms with Gasteiger partial charge in [0.2, 0.25) is 0 Å². The van der Waals surface area contributed by atoms with E-state index in [9.17, 15) is 9.59 Å². The lowest BCUT2D eigenvalue weighted by Crippen LogP contribution is -2.40. The van der Waals surface area contributed by atoms with Crippen molar-refractivity contribution < 1.29 is 14.7 Å².